The van der Waals surface area contributed by atoms with E-state index in [0.717, 1.165) is 95.7 Å². The Bertz CT molecular complexity index is 3360. The summed E-state index contributed by atoms with van der Waals surface area (Å²) >= 11 is 0. The number of hydrogen-bond donors (Lipinski definition) is 0. The van der Waals surface area contributed by atoms with Crippen LogP contribution in [0.1, 0.15) is 36.8 Å². The van der Waals surface area contributed by atoms with Crippen LogP contribution in [0.25, 0.3) is 111 Å². The lowest BCUT2D eigenvalue weighted by atomic mass is 9.76. The maximum atomic E-state index is 6.41. The summed E-state index contributed by atoms with van der Waals surface area (Å²) < 4.78 is 12.8. The Balaban J connectivity index is 0.955. The van der Waals surface area contributed by atoms with E-state index in [4.69, 9.17) is 23.8 Å². The maximum absolute atomic E-state index is 6.41. The van der Waals surface area contributed by atoms with E-state index in [1.54, 1.807) is 0 Å². The van der Waals surface area contributed by atoms with Crippen LogP contribution in [0.15, 0.2) is 185 Å². The van der Waals surface area contributed by atoms with E-state index >= 15 is 0 Å². The summed E-state index contributed by atoms with van der Waals surface area (Å²) in [7, 11) is 0. The average molecular weight is 784 g/mol. The largest absolute Gasteiger partial charge is 0.455 e. The van der Waals surface area contributed by atoms with Gasteiger partial charge in [-0.15, -0.1) is 0 Å². The quantitative estimate of drug-likeness (QED) is 0.174. The summed E-state index contributed by atoms with van der Waals surface area (Å²) in [5.41, 5.74) is 16.1. The van der Waals surface area contributed by atoms with Gasteiger partial charge in [0, 0.05) is 54.8 Å². The van der Waals surface area contributed by atoms with Crippen molar-refractivity contribution in [3.8, 4) is 67.5 Å². The third kappa shape index (κ3) is 5.17. The minimum Gasteiger partial charge on any atom is -0.455 e. The molecule has 3 aromatic heterocycles. The van der Waals surface area contributed by atoms with Crippen LogP contribution in [0.2, 0.25) is 0 Å². The van der Waals surface area contributed by atoms with Crippen molar-refractivity contribution in [2.75, 3.05) is 0 Å². The number of rotatable bonds is 5. The number of benzene rings is 8. The molecule has 13 rings (SSSR count). The molecule has 8 aromatic carbocycles. The number of fused-ring (bicyclic) bond motifs is 11. The highest BCUT2D eigenvalue weighted by atomic mass is 16.3. The molecule has 2 aliphatic rings. The molecule has 288 valence electrons. The van der Waals surface area contributed by atoms with E-state index in [9.17, 15) is 0 Å². The first kappa shape index (κ1) is 34.3. The van der Waals surface area contributed by atoms with Crippen molar-refractivity contribution in [3.63, 3.8) is 0 Å². The monoisotopic (exact) mass is 783 g/mol. The van der Waals surface area contributed by atoms with Gasteiger partial charge in [-0.25, -0.2) is 15.0 Å². The van der Waals surface area contributed by atoms with Gasteiger partial charge in [-0.1, -0.05) is 177 Å². The third-order valence-corrected chi connectivity index (χ3v) is 13.3. The van der Waals surface area contributed by atoms with Crippen LogP contribution >= 0.6 is 0 Å². The minimum absolute atomic E-state index is 0.0394. The summed E-state index contributed by atoms with van der Waals surface area (Å²) in [6, 6.07) is 62.0. The summed E-state index contributed by atoms with van der Waals surface area (Å²) in [6.45, 7) is 0. The predicted octanol–water partition coefficient (Wildman–Crippen LogP) is 14.8. The number of aromatic nitrogens is 3. The lowest BCUT2D eigenvalue weighted by molar-refractivity contribution is 0.550. The van der Waals surface area contributed by atoms with Gasteiger partial charge in [0.2, 0.25) is 0 Å². The van der Waals surface area contributed by atoms with E-state index in [1.165, 1.54) is 35.1 Å². The van der Waals surface area contributed by atoms with E-state index < -0.39 is 0 Å². The van der Waals surface area contributed by atoms with E-state index in [1.807, 2.05) is 24.3 Å². The SMILES string of the molecule is c1ccc2c(c1)-c1c(-c3nc(-c4ccc(-c5cccc6c5oc5ccccc56)cc4)nc(-c4ccc(-c5cccc6c5oc5ccccc56)cc4)n3)cccc1C21CCCC1. The Kier molecular flexibility index (Phi) is 7.41. The molecule has 0 saturated heterocycles. The van der Waals surface area contributed by atoms with Crippen LogP contribution < -0.4 is 0 Å². The molecule has 11 aromatic rings. The number of para-hydroxylation sites is 4. The Morgan fingerprint density at radius 3 is 1.36 bits per heavy atom. The zero-order valence-corrected chi connectivity index (χ0v) is 33.2. The normalized spacial score (nSPS) is 14.1. The molecule has 1 fully saturated rings. The van der Waals surface area contributed by atoms with Crippen LogP contribution in [-0.2, 0) is 5.41 Å². The van der Waals surface area contributed by atoms with Gasteiger partial charge in [-0.3, -0.25) is 0 Å². The molecule has 0 radical (unpaired) electrons. The zero-order chi connectivity index (χ0) is 40.1. The second-order valence-corrected chi connectivity index (χ2v) is 16.6. The van der Waals surface area contributed by atoms with Gasteiger partial charge < -0.3 is 8.83 Å². The molecule has 2 aliphatic carbocycles. The molecule has 61 heavy (non-hydrogen) atoms. The molecular weight excluding hydrogens is 747 g/mol. The Hall–Kier alpha value is -7.63. The van der Waals surface area contributed by atoms with E-state index in [0.29, 0.717) is 17.5 Å². The van der Waals surface area contributed by atoms with Gasteiger partial charge in [0.15, 0.2) is 17.5 Å². The molecule has 5 nitrogen and oxygen atoms in total. The number of hydrogen-bond acceptors (Lipinski definition) is 5. The average Bonchev–Trinajstić information content (AvgIpc) is 4.12. The highest BCUT2D eigenvalue weighted by molar-refractivity contribution is 6.10. The molecule has 0 bridgehead atoms. The summed E-state index contributed by atoms with van der Waals surface area (Å²) in [5.74, 6) is 1.93. The van der Waals surface area contributed by atoms with Crippen molar-refractivity contribution >= 4 is 43.9 Å². The van der Waals surface area contributed by atoms with Crippen LogP contribution in [0.4, 0.5) is 0 Å². The highest BCUT2D eigenvalue weighted by Gasteiger charge is 2.45. The highest BCUT2D eigenvalue weighted by Crippen LogP contribution is 2.58. The lowest BCUT2D eigenvalue weighted by Crippen LogP contribution is -2.20. The standard InChI is InChI=1S/C56H37N3O2/c1-4-20-46-44(14-1)50-45(19-11-21-47(50)56(46)32-7-8-33-56)55-58-53(36-28-24-34(25-29-36)38-15-9-17-42-40-12-2-5-22-48(40)60-51(38)42)57-54(59-55)37-30-26-35(27-31-37)39-16-10-18-43-41-13-3-6-23-49(41)61-52(39)43/h1-6,9-31H,7-8,32-33H2. The lowest BCUT2D eigenvalue weighted by Gasteiger charge is -2.26. The summed E-state index contributed by atoms with van der Waals surface area (Å²) in [4.78, 5) is 15.8. The second-order valence-electron chi connectivity index (χ2n) is 16.6. The fraction of sp³-hybridized carbons (Fsp3) is 0.0893. The summed E-state index contributed by atoms with van der Waals surface area (Å²) in [5, 5.41) is 4.46. The van der Waals surface area contributed by atoms with Crippen molar-refractivity contribution in [3.05, 3.63) is 187 Å². The van der Waals surface area contributed by atoms with Crippen molar-refractivity contribution < 1.29 is 8.83 Å². The first-order valence-electron chi connectivity index (χ1n) is 21.2. The van der Waals surface area contributed by atoms with Gasteiger partial charge in [0.25, 0.3) is 0 Å². The van der Waals surface area contributed by atoms with Crippen molar-refractivity contribution in [2.45, 2.75) is 31.1 Å². The fourth-order valence-electron chi connectivity index (χ4n) is 10.5. The molecule has 0 N–H and O–H groups in total. The fourth-order valence-corrected chi connectivity index (χ4v) is 10.5. The second kappa shape index (κ2) is 13.2. The first-order valence-corrected chi connectivity index (χ1v) is 21.2. The molecule has 0 aliphatic heterocycles. The van der Waals surface area contributed by atoms with Crippen LogP contribution in [0.5, 0.6) is 0 Å². The van der Waals surface area contributed by atoms with Crippen LogP contribution in [-0.4, -0.2) is 15.0 Å². The van der Waals surface area contributed by atoms with Gasteiger partial charge >= 0.3 is 0 Å². The molecular formula is C56H37N3O2. The third-order valence-electron chi connectivity index (χ3n) is 13.3. The number of furan rings is 2. The Labute approximate surface area is 352 Å². The smallest absolute Gasteiger partial charge is 0.164 e. The summed E-state index contributed by atoms with van der Waals surface area (Å²) in [6.07, 6.45) is 4.80. The van der Waals surface area contributed by atoms with Crippen molar-refractivity contribution in [1.82, 2.24) is 15.0 Å². The Morgan fingerprint density at radius 1 is 0.344 bits per heavy atom. The predicted molar refractivity (Wildman–Crippen MR) is 246 cm³/mol. The van der Waals surface area contributed by atoms with Gasteiger partial charge in [0.05, 0.1) is 0 Å². The van der Waals surface area contributed by atoms with Crippen LogP contribution in [0, 0.1) is 0 Å². The zero-order valence-electron chi connectivity index (χ0n) is 33.2. The molecule has 1 spiro atoms. The molecule has 0 unspecified atom stereocenters. The van der Waals surface area contributed by atoms with Gasteiger partial charge in [0.1, 0.15) is 22.3 Å². The molecule has 1 saturated carbocycles. The Morgan fingerprint density at radius 2 is 0.770 bits per heavy atom. The molecule has 0 atom stereocenters. The van der Waals surface area contributed by atoms with Crippen molar-refractivity contribution in [1.29, 1.82) is 0 Å². The van der Waals surface area contributed by atoms with Crippen LogP contribution in [0.3, 0.4) is 0 Å². The van der Waals surface area contributed by atoms with E-state index in [-0.39, 0.29) is 5.41 Å². The minimum atomic E-state index is 0.0394. The van der Waals surface area contributed by atoms with Gasteiger partial charge in [-0.05, 0) is 58.4 Å². The number of nitrogens with zero attached hydrogens (tertiary/aromatic N) is 3. The molecule has 0 amide bonds. The molecule has 5 heteroatoms. The van der Waals surface area contributed by atoms with Gasteiger partial charge in [-0.2, -0.15) is 0 Å². The topological polar surface area (TPSA) is 65.0 Å². The maximum Gasteiger partial charge on any atom is 0.164 e. The van der Waals surface area contributed by atoms with E-state index in [2.05, 4.69) is 152 Å². The van der Waals surface area contributed by atoms with Crippen molar-refractivity contribution in [2.24, 2.45) is 0 Å². The molecule has 3 heterocycles. The first-order chi connectivity index (χ1) is 30.2.